The zero-order valence-corrected chi connectivity index (χ0v) is 12.0. The van der Waals surface area contributed by atoms with Gasteiger partial charge in [-0.2, -0.15) is 0 Å². The van der Waals surface area contributed by atoms with Gasteiger partial charge in [-0.3, -0.25) is 0 Å². The van der Waals surface area contributed by atoms with Gasteiger partial charge >= 0.3 is 5.97 Å². The SMILES string of the molecule is Cc1cccc(C)c1OCc1ccccc1C(O)C(=O)O. The number of ether oxygens (including phenoxy) is 1. The fraction of sp³-hybridized carbons (Fsp3) is 0.235. The summed E-state index contributed by atoms with van der Waals surface area (Å²) in [4.78, 5) is 10.9. The number of carboxylic acids is 1. The van der Waals surface area contributed by atoms with Crippen LogP contribution in [0.2, 0.25) is 0 Å². The third-order valence-electron chi connectivity index (χ3n) is 3.36. The summed E-state index contributed by atoms with van der Waals surface area (Å²) in [7, 11) is 0. The Bertz CT molecular complexity index is 629. The van der Waals surface area contributed by atoms with Crippen molar-refractivity contribution < 1.29 is 19.7 Å². The molecule has 0 amide bonds. The lowest BCUT2D eigenvalue weighted by molar-refractivity contribution is -0.147. The van der Waals surface area contributed by atoms with E-state index in [1.54, 1.807) is 24.3 Å². The summed E-state index contributed by atoms with van der Waals surface area (Å²) in [6.45, 7) is 4.13. The van der Waals surface area contributed by atoms with E-state index in [1.165, 1.54) is 0 Å². The summed E-state index contributed by atoms with van der Waals surface area (Å²) in [6, 6.07) is 12.7. The molecule has 0 fully saturated rings. The topological polar surface area (TPSA) is 66.8 Å². The molecule has 21 heavy (non-hydrogen) atoms. The second kappa shape index (κ2) is 6.41. The maximum atomic E-state index is 10.9. The number of rotatable bonds is 5. The zero-order valence-electron chi connectivity index (χ0n) is 12.0. The van der Waals surface area contributed by atoms with Crippen LogP contribution in [0.3, 0.4) is 0 Å². The molecule has 0 heterocycles. The third-order valence-corrected chi connectivity index (χ3v) is 3.36. The number of para-hydroxylation sites is 1. The number of carbonyl (C=O) groups is 1. The van der Waals surface area contributed by atoms with Gasteiger partial charge < -0.3 is 14.9 Å². The van der Waals surface area contributed by atoms with E-state index in [-0.39, 0.29) is 6.61 Å². The molecular formula is C17H18O4. The molecule has 0 aliphatic carbocycles. The molecule has 4 nitrogen and oxygen atoms in total. The minimum Gasteiger partial charge on any atom is -0.488 e. The summed E-state index contributed by atoms with van der Waals surface area (Å²) in [5.41, 5.74) is 3.06. The van der Waals surface area contributed by atoms with Crippen molar-refractivity contribution >= 4 is 5.97 Å². The first-order chi connectivity index (χ1) is 10.0. The lowest BCUT2D eigenvalue weighted by Gasteiger charge is -2.15. The summed E-state index contributed by atoms with van der Waals surface area (Å²) in [6.07, 6.45) is -1.54. The summed E-state index contributed by atoms with van der Waals surface area (Å²) >= 11 is 0. The van der Waals surface area contributed by atoms with E-state index >= 15 is 0 Å². The van der Waals surface area contributed by atoms with Crippen molar-refractivity contribution in [3.05, 3.63) is 64.7 Å². The van der Waals surface area contributed by atoms with Crippen molar-refractivity contribution in [2.75, 3.05) is 0 Å². The van der Waals surface area contributed by atoms with Gasteiger partial charge in [0.25, 0.3) is 0 Å². The van der Waals surface area contributed by atoms with Gasteiger partial charge in [0, 0.05) is 0 Å². The number of aliphatic hydroxyl groups is 1. The molecule has 0 saturated heterocycles. The second-order valence-electron chi connectivity index (χ2n) is 4.95. The highest BCUT2D eigenvalue weighted by molar-refractivity contribution is 5.74. The molecule has 2 N–H and O–H groups in total. The zero-order chi connectivity index (χ0) is 15.4. The quantitative estimate of drug-likeness (QED) is 0.886. The van der Waals surface area contributed by atoms with Crippen LogP contribution in [0.15, 0.2) is 42.5 Å². The molecule has 0 saturated carbocycles. The number of aliphatic carboxylic acids is 1. The van der Waals surface area contributed by atoms with Crippen LogP contribution in [0.1, 0.15) is 28.4 Å². The number of aliphatic hydroxyl groups excluding tert-OH is 1. The van der Waals surface area contributed by atoms with Gasteiger partial charge in [0.15, 0.2) is 6.10 Å². The molecule has 1 atom stereocenters. The normalized spacial score (nSPS) is 12.0. The standard InChI is InChI=1S/C17H18O4/c1-11-6-5-7-12(2)16(11)21-10-13-8-3-4-9-14(13)15(18)17(19)20/h3-9,15,18H,10H2,1-2H3,(H,19,20). The predicted molar refractivity (Wildman–Crippen MR) is 79.3 cm³/mol. The van der Waals surface area contributed by atoms with Crippen LogP contribution in [0.25, 0.3) is 0 Å². The molecule has 1 unspecified atom stereocenters. The third kappa shape index (κ3) is 3.41. The van der Waals surface area contributed by atoms with Crippen LogP contribution < -0.4 is 4.74 Å². The number of carboxylic acid groups (broad SMARTS) is 1. The second-order valence-corrected chi connectivity index (χ2v) is 4.95. The van der Waals surface area contributed by atoms with Crippen LogP contribution in [-0.4, -0.2) is 16.2 Å². The summed E-state index contributed by atoms with van der Waals surface area (Å²) in [5.74, 6) is -0.480. The smallest absolute Gasteiger partial charge is 0.337 e. The Balaban J connectivity index is 2.23. The Labute approximate surface area is 123 Å². The highest BCUT2D eigenvalue weighted by Crippen LogP contribution is 2.25. The minimum absolute atomic E-state index is 0.214. The van der Waals surface area contributed by atoms with Gasteiger partial charge in [0.05, 0.1) is 0 Å². The average molecular weight is 286 g/mol. The number of aryl methyl sites for hydroxylation is 2. The van der Waals surface area contributed by atoms with E-state index in [1.807, 2.05) is 32.0 Å². The van der Waals surface area contributed by atoms with Crippen molar-refractivity contribution in [3.8, 4) is 5.75 Å². The molecule has 0 aliphatic rings. The van der Waals surface area contributed by atoms with Crippen molar-refractivity contribution in [2.45, 2.75) is 26.6 Å². The molecule has 2 rings (SSSR count). The first-order valence-corrected chi connectivity index (χ1v) is 6.68. The summed E-state index contributed by atoms with van der Waals surface area (Å²) in [5, 5.41) is 18.7. The number of hydrogen-bond acceptors (Lipinski definition) is 3. The summed E-state index contributed by atoms with van der Waals surface area (Å²) < 4.78 is 5.82. The highest BCUT2D eigenvalue weighted by Gasteiger charge is 2.19. The van der Waals surface area contributed by atoms with Gasteiger partial charge in [0.2, 0.25) is 0 Å². The number of benzene rings is 2. The largest absolute Gasteiger partial charge is 0.488 e. The Morgan fingerprint density at radius 2 is 1.71 bits per heavy atom. The van der Waals surface area contributed by atoms with Crippen molar-refractivity contribution in [3.63, 3.8) is 0 Å². The van der Waals surface area contributed by atoms with E-state index in [0.717, 1.165) is 16.9 Å². The van der Waals surface area contributed by atoms with Crippen LogP contribution in [0.5, 0.6) is 5.75 Å². The van der Waals surface area contributed by atoms with E-state index in [4.69, 9.17) is 9.84 Å². The highest BCUT2D eigenvalue weighted by atomic mass is 16.5. The lowest BCUT2D eigenvalue weighted by atomic mass is 10.0. The molecule has 0 radical (unpaired) electrons. The Morgan fingerprint density at radius 1 is 1.10 bits per heavy atom. The van der Waals surface area contributed by atoms with Crippen LogP contribution in [0, 0.1) is 13.8 Å². The fourth-order valence-electron chi connectivity index (χ4n) is 2.24. The first-order valence-electron chi connectivity index (χ1n) is 6.68. The van der Waals surface area contributed by atoms with E-state index < -0.39 is 12.1 Å². The molecule has 0 bridgehead atoms. The van der Waals surface area contributed by atoms with Gasteiger partial charge in [-0.1, -0.05) is 42.5 Å². The lowest BCUT2D eigenvalue weighted by Crippen LogP contribution is -2.13. The first kappa shape index (κ1) is 15.1. The average Bonchev–Trinajstić information content (AvgIpc) is 2.46. The van der Waals surface area contributed by atoms with Gasteiger partial charge in [-0.25, -0.2) is 4.79 Å². The molecule has 110 valence electrons. The Kier molecular flexibility index (Phi) is 4.60. The van der Waals surface area contributed by atoms with Crippen molar-refractivity contribution in [2.24, 2.45) is 0 Å². The molecule has 0 spiro atoms. The van der Waals surface area contributed by atoms with Crippen LogP contribution >= 0.6 is 0 Å². The Hall–Kier alpha value is -2.33. The van der Waals surface area contributed by atoms with E-state index in [2.05, 4.69) is 0 Å². The molecule has 0 aliphatic heterocycles. The molecule has 0 aromatic heterocycles. The molecule has 4 heteroatoms. The molecule has 2 aromatic carbocycles. The van der Waals surface area contributed by atoms with E-state index in [0.29, 0.717) is 11.1 Å². The van der Waals surface area contributed by atoms with Gasteiger partial charge in [-0.15, -0.1) is 0 Å². The Morgan fingerprint density at radius 3 is 2.33 bits per heavy atom. The number of hydrogen-bond donors (Lipinski definition) is 2. The molecular weight excluding hydrogens is 268 g/mol. The van der Waals surface area contributed by atoms with Crippen molar-refractivity contribution in [1.82, 2.24) is 0 Å². The van der Waals surface area contributed by atoms with Crippen LogP contribution in [-0.2, 0) is 11.4 Å². The van der Waals surface area contributed by atoms with Crippen molar-refractivity contribution in [1.29, 1.82) is 0 Å². The maximum absolute atomic E-state index is 10.9. The van der Waals surface area contributed by atoms with Gasteiger partial charge in [-0.05, 0) is 36.1 Å². The fourth-order valence-corrected chi connectivity index (χ4v) is 2.24. The van der Waals surface area contributed by atoms with Crippen LogP contribution in [0.4, 0.5) is 0 Å². The predicted octanol–water partition coefficient (Wildman–Crippen LogP) is 3.00. The minimum atomic E-state index is -1.54. The maximum Gasteiger partial charge on any atom is 0.337 e. The van der Waals surface area contributed by atoms with E-state index in [9.17, 15) is 9.90 Å². The van der Waals surface area contributed by atoms with Gasteiger partial charge in [0.1, 0.15) is 12.4 Å². The monoisotopic (exact) mass is 286 g/mol. The molecule has 2 aromatic rings.